The Labute approximate surface area is 98.8 Å². The summed E-state index contributed by atoms with van der Waals surface area (Å²) in [5.41, 5.74) is 6.39. The fourth-order valence-electron chi connectivity index (χ4n) is 1.22. The van der Waals surface area contributed by atoms with Crippen molar-refractivity contribution in [3.63, 3.8) is 0 Å². The number of benzene rings is 1. The molecular formula is C12H17NO2S. The Morgan fingerprint density at radius 1 is 1.38 bits per heavy atom. The number of rotatable bonds is 6. The highest BCUT2D eigenvalue weighted by Gasteiger charge is 1.94. The molecular weight excluding hydrogens is 222 g/mol. The number of hydrogen-bond donors (Lipinski definition) is 1. The largest absolute Gasteiger partial charge is 0.497 e. The molecule has 0 radical (unpaired) electrons. The quantitative estimate of drug-likeness (QED) is 0.816. The lowest BCUT2D eigenvalue weighted by molar-refractivity contribution is 0.415. The average molecular weight is 239 g/mol. The van der Waals surface area contributed by atoms with Gasteiger partial charge in [-0.1, -0.05) is 24.3 Å². The molecule has 16 heavy (non-hydrogen) atoms. The van der Waals surface area contributed by atoms with Gasteiger partial charge in [0.1, 0.15) is 5.75 Å². The van der Waals surface area contributed by atoms with E-state index in [1.54, 1.807) is 7.11 Å². The number of hydrogen-bond acceptors (Lipinski definition) is 3. The summed E-state index contributed by atoms with van der Waals surface area (Å²) in [6, 6.07) is 7.72. The summed E-state index contributed by atoms with van der Waals surface area (Å²) in [6.07, 6.45) is 3.86. The van der Waals surface area contributed by atoms with Gasteiger partial charge in [0.2, 0.25) is 0 Å². The van der Waals surface area contributed by atoms with E-state index in [1.165, 1.54) is 0 Å². The van der Waals surface area contributed by atoms with Gasteiger partial charge in [0.15, 0.2) is 0 Å². The molecule has 1 aromatic carbocycles. The van der Waals surface area contributed by atoms with Crippen molar-refractivity contribution in [1.29, 1.82) is 0 Å². The fraction of sp³-hybridized carbons (Fsp3) is 0.333. The molecule has 4 heteroatoms. The minimum absolute atomic E-state index is 0.475. The van der Waals surface area contributed by atoms with Gasteiger partial charge in [-0.2, -0.15) is 0 Å². The molecule has 0 saturated heterocycles. The van der Waals surface area contributed by atoms with Crippen LogP contribution in [0.4, 0.5) is 0 Å². The number of ether oxygens (including phenoxy) is 1. The van der Waals surface area contributed by atoms with Gasteiger partial charge in [-0.05, 0) is 17.7 Å². The Morgan fingerprint density at radius 3 is 2.62 bits per heavy atom. The van der Waals surface area contributed by atoms with Gasteiger partial charge in [-0.3, -0.25) is 4.21 Å². The Morgan fingerprint density at radius 2 is 2.06 bits per heavy atom. The lowest BCUT2D eigenvalue weighted by Gasteiger charge is -1.99. The lowest BCUT2D eigenvalue weighted by atomic mass is 10.2. The summed E-state index contributed by atoms with van der Waals surface area (Å²) in [7, 11) is 0.804. The second-order valence-electron chi connectivity index (χ2n) is 3.27. The average Bonchev–Trinajstić information content (AvgIpc) is 2.30. The van der Waals surface area contributed by atoms with Crippen LogP contribution in [0.15, 0.2) is 30.3 Å². The van der Waals surface area contributed by atoms with Crippen LogP contribution in [-0.2, 0) is 10.8 Å². The molecule has 1 rings (SSSR count). The Kier molecular flexibility index (Phi) is 5.82. The van der Waals surface area contributed by atoms with E-state index >= 15 is 0 Å². The van der Waals surface area contributed by atoms with Gasteiger partial charge in [0.05, 0.1) is 7.11 Å². The Bertz CT molecular complexity index is 360. The predicted octanol–water partition coefficient (Wildman–Crippen LogP) is 1.42. The first kappa shape index (κ1) is 12.9. The van der Waals surface area contributed by atoms with Crippen LogP contribution in [-0.4, -0.2) is 29.4 Å². The summed E-state index contributed by atoms with van der Waals surface area (Å²) >= 11 is 0. The third-order valence-corrected chi connectivity index (χ3v) is 3.31. The van der Waals surface area contributed by atoms with Crippen LogP contribution in [0.2, 0.25) is 0 Å². The van der Waals surface area contributed by atoms with Crippen LogP contribution in [0.25, 0.3) is 6.08 Å². The molecule has 0 aliphatic rings. The van der Waals surface area contributed by atoms with Gasteiger partial charge in [0.25, 0.3) is 0 Å². The summed E-state index contributed by atoms with van der Waals surface area (Å²) in [5.74, 6) is 1.96. The first-order valence-corrected chi connectivity index (χ1v) is 6.60. The second kappa shape index (κ2) is 7.19. The van der Waals surface area contributed by atoms with Crippen LogP contribution in [0.5, 0.6) is 5.75 Å². The van der Waals surface area contributed by atoms with Crippen LogP contribution in [0.3, 0.4) is 0 Å². The van der Waals surface area contributed by atoms with E-state index in [9.17, 15) is 4.21 Å². The summed E-state index contributed by atoms with van der Waals surface area (Å²) in [5, 5.41) is 0. The fourth-order valence-corrected chi connectivity index (χ4v) is 1.96. The molecule has 0 aliphatic heterocycles. The zero-order chi connectivity index (χ0) is 11.8. The van der Waals surface area contributed by atoms with Crippen LogP contribution in [0.1, 0.15) is 5.56 Å². The van der Waals surface area contributed by atoms with Crippen molar-refractivity contribution >= 4 is 16.9 Å². The highest BCUT2D eigenvalue weighted by molar-refractivity contribution is 7.85. The molecule has 0 bridgehead atoms. The molecule has 0 saturated carbocycles. The van der Waals surface area contributed by atoms with Crippen molar-refractivity contribution in [3.8, 4) is 5.75 Å². The van der Waals surface area contributed by atoms with Gasteiger partial charge >= 0.3 is 0 Å². The molecule has 1 unspecified atom stereocenters. The van der Waals surface area contributed by atoms with E-state index < -0.39 is 10.8 Å². The molecule has 0 spiro atoms. The van der Waals surface area contributed by atoms with Gasteiger partial charge in [-0.25, -0.2) is 0 Å². The summed E-state index contributed by atoms with van der Waals surface area (Å²) in [4.78, 5) is 0. The molecule has 0 aromatic heterocycles. The molecule has 0 amide bonds. The Balaban J connectivity index is 2.46. The number of nitrogens with two attached hydrogens (primary N) is 1. The maximum atomic E-state index is 11.3. The predicted molar refractivity (Wildman–Crippen MR) is 69.0 cm³/mol. The van der Waals surface area contributed by atoms with Gasteiger partial charge in [-0.15, -0.1) is 0 Å². The molecule has 1 atom stereocenters. The first-order valence-electron chi connectivity index (χ1n) is 5.12. The summed E-state index contributed by atoms with van der Waals surface area (Å²) in [6.45, 7) is 0.475. The maximum absolute atomic E-state index is 11.3. The minimum atomic E-state index is -0.836. The van der Waals surface area contributed by atoms with Crippen LogP contribution in [0, 0.1) is 0 Å². The molecule has 88 valence electrons. The van der Waals surface area contributed by atoms with Crippen molar-refractivity contribution in [2.24, 2.45) is 5.73 Å². The lowest BCUT2D eigenvalue weighted by Crippen LogP contribution is -2.11. The van der Waals surface area contributed by atoms with E-state index in [1.807, 2.05) is 36.4 Å². The SMILES string of the molecule is COc1ccc(/C=C/CS(=O)CCN)cc1. The maximum Gasteiger partial charge on any atom is 0.118 e. The van der Waals surface area contributed by atoms with E-state index in [-0.39, 0.29) is 0 Å². The monoisotopic (exact) mass is 239 g/mol. The third-order valence-electron chi connectivity index (χ3n) is 2.05. The van der Waals surface area contributed by atoms with Crippen molar-refractivity contribution in [2.75, 3.05) is 25.2 Å². The molecule has 2 N–H and O–H groups in total. The normalized spacial score (nSPS) is 12.9. The van der Waals surface area contributed by atoms with E-state index in [0.717, 1.165) is 11.3 Å². The van der Waals surface area contributed by atoms with Crippen LogP contribution < -0.4 is 10.5 Å². The van der Waals surface area contributed by atoms with Crippen molar-refractivity contribution in [2.45, 2.75) is 0 Å². The Hall–Kier alpha value is -1.13. The third kappa shape index (κ3) is 4.59. The molecule has 3 nitrogen and oxygen atoms in total. The second-order valence-corrected chi connectivity index (χ2v) is 4.90. The summed E-state index contributed by atoms with van der Waals surface area (Å²) < 4.78 is 16.4. The van der Waals surface area contributed by atoms with Gasteiger partial charge in [0, 0.05) is 28.9 Å². The highest BCUT2D eigenvalue weighted by Crippen LogP contribution is 2.12. The molecule has 0 heterocycles. The van der Waals surface area contributed by atoms with Crippen molar-refractivity contribution < 1.29 is 8.95 Å². The van der Waals surface area contributed by atoms with Crippen molar-refractivity contribution in [3.05, 3.63) is 35.9 Å². The van der Waals surface area contributed by atoms with Gasteiger partial charge < -0.3 is 10.5 Å². The van der Waals surface area contributed by atoms with Crippen LogP contribution >= 0.6 is 0 Å². The van der Waals surface area contributed by atoms with E-state index in [0.29, 0.717) is 18.1 Å². The first-order chi connectivity index (χ1) is 7.76. The number of methoxy groups -OCH3 is 1. The standard InChI is InChI=1S/C12H17NO2S/c1-15-12-6-4-11(5-7-12)3-2-9-16(14)10-8-13/h2-7H,8-10,13H2,1H3/b3-2+. The van der Waals surface area contributed by atoms with E-state index in [2.05, 4.69) is 0 Å². The minimum Gasteiger partial charge on any atom is -0.497 e. The van der Waals surface area contributed by atoms with Crippen molar-refractivity contribution in [1.82, 2.24) is 0 Å². The zero-order valence-corrected chi connectivity index (χ0v) is 10.2. The zero-order valence-electron chi connectivity index (χ0n) is 9.39. The van der Waals surface area contributed by atoms with E-state index in [4.69, 9.17) is 10.5 Å². The molecule has 0 aliphatic carbocycles. The molecule has 1 aromatic rings. The smallest absolute Gasteiger partial charge is 0.118 e. The topological polar surface area (TPSA) is 52.3 Å². The highest BCUT2D eigenvalue weighted by atomic mass is 32.2. The molecule has 0 fully saturated rings.